The van der Waals surface area contributed by atoms with Crippen molar-refractivity contribution in [3.8, 4) is 5.75 Å². The lowest BCUT2D eigenvalue weighted by atomic mass is 9.88. The smallest absolute Gasteiger partial charge is 0.229 e. The second-order valence-corrected chi connectivity index (χ2v) is 5.87. The fourth-order valence-corrected chi connectivity index (χ4v) is 3.32. The van der Waals surface area contributed by atoms with E-state index < -0.39 is 0 Å². The van der Waals surface area contributed by atoms with Gasteiger partial charge in [-0.05, 0) is 47.3 Å². The van der Waals surface area contributed by atoms with Gasteiger partial charge in [0.15, 0.2) is 5.75 Å². The highest BCUT2D eigenvalue weighted by molar-refractivity contribution is 9.10. The number of carbonyl (C=O) groups excluding carboxylic acids is 1. The molecule has 2 aliphatic heterocycles. The zero-order chi connectivity index (χ0) is 12.7. The van der Waals surface area contributed by atoms with E-state index in [2.05, 4.69) is 26.6 Å². The standard InChI is InChI=1S/C13H15BrN2O2/c14-9-2-1-3-11(12(9)17)16-13(18)8-6-7-4-5-10(8)15-7/h1-3,7-8,10,15,17H,4-6H2,(H,16,18). The van der Waals surface area contributed by atoms with Crippen LogP contribution in [0.25, 0.3) is 0 Å². The molecule has 0 radical (unpaired) electrons. The van der Waals surface area contributed by atoms with E-state index in [1.807, 2.05) is 0 Å². The van der Waals surface area contributed by atoms with Crippen LogP contribution in [0.4, 0.5) is 5.69 Å². The molecule has 2 fully saturated rings. The first kappa shape index (κ1) is 12.0. The molecule has 3 unspecified atom stereocenters. The van der Waals surface area contributed by atoms with Crippen molar-refractivity contribution in [3.05, 3.63) is 22.7 Å². The van der Waals surface area contributed by atoms with Crippen molar-refractivity contribution in [2.75, 3.05) is 5.32 Å². The van der Waals surface area contributed by atoms with Crippen molar-refractivity contribution in [2.45, 2.75) is 31.3 Å². The molecule has 18 heavy (non-hydrogen) atoms. The van der Waals surface area contributed by atoms with Gasteiger partial charge in [0, 0.05) is 12.1 Å². The number of phenolic OH excluding ortho intramolecular Hbond substituents is 1. The van der Waals surface area contributed by atoms with Crippen LogP contribution in [0.1, 0.15) is 19.3 Å². The monoisotopic (exact) mass is 310 g/mol. The maximum atomic E-state index is 12.2. The third kappa shape index (κ3) is 2.01. The summed E-state index contributed by atoms with van der Waals surface area (Å²) < 4.78 is 0.589. The van der Waals surface area contributed by atoms with Crippen LogP contribution in [0.3, 0.4) is 0 Å². The summed E-state index contributed by atoms with van der Waals surface area (Å²) in [5.41, 5.74) is 0.470. The van der Waals surface area contributed by atoms with Crippen LogP contribution in [-0.4, -0.2) is 23.1 Å². The minimum absolute atomic E-state index is 0.00287. The van der Waals surface area contributed by atoms with Crippen LogP contribution < -0.4 is 10.6 Å². The molecule has 4 nitrogen and oxygen atoms in total. The van der Waals surface area contributed by atoms with Gasteiger partial charge in [0.05, 0.1) is 16.1 Å². The van der Waals surface area contributed by atoms with Gasteiger partial charge in [-0.3, -0.25) is 4.79 Å². The number of carbonyl (C=O) groups is 1. The van der Waals surface area contributed by atoms with Gasteiger partial charge >= 0.3 is 0 Å². The molecule has 0 saturated carbocycles. The largest absolute Gasteiger partial charge is 0.505 e. The highest BCUT2D eigenvalue weighted by Gasteiger charge is 2.42. The Labute approximate surface area is 114 Å². The first-order chi connectivity index (χ1) is 8.65. The number of phenols is 1. The van der Waals surface area contributed by atoms with Crippen LogP contribution >= 0.6 is 15.9 Å². The minimum atomic E-state index is 0.00287. The van der Waals surface area contributed by atoms with E-state index in [1.54, 1.807) is 18.2 Å². The van der Waals surface area contributed by atoms with Gasteiger partial charge in [0.25, 0.3) is 0 Å². The number of nitrogens with one attached hydrogen (secondary N) is 2. The Kier molecular flexibility index (Phi) is 3.03. The average Bonchev–Trinajstić information content (AvgIpc) is 2.97. The van der Waals surface area contributed by atoms with Gasteiger partial charge in [-0.15, -0.1) is 0 Å². The van der Waals surface area contributed by atoms with Crippen molar-refractivity contribution in [3.63, 3.8) is 0 Å². The second-order valence-electron chi connectivity index (χ2n) is 5.01. The SMILES string of the molecule is O=C(Nc1cccc(Br)c1O)C1CC2CCC1N2. The molecular formula is C13H15BrN2O2. The molecule has 1 aromatic rings. The summed E-state index contributed by atoms with van der Waals surface area (Å²) in [5.74, 6) is 0.118. The normalized spacial score (nSPS) is 29.5. The highest BCUT2D eigenvalue weighted by Crippen LogP contribution is 2.36. The molecule has 3 N–H and O–H groups in total. The summed E-state index contributed by atoms with van der Waals surface area (Å²) in [6.45, 7) is 0. The van der Waals surface area contributed by atoms with Gasteiger partial charge in [0.1, 0.15) is 0 Å². The molecule has 2 aliphatic rings. The number of halogens is 1. The van der Waals surface area contributed by atoms with Crippen LogP contribution in [0, 0.1) is 5.92 Å². The summed E-state index contributed by atoms with van der Waals surface area (Å²) in [6.07, 6.45) is 3.16. The van der Waals surface area contributed by atoms with Crippen molar-refractivity contribution in [1.29, 1.82) is 0 Å². The van der Waals surface area contributed by atoms with E-state index in [-0.39, 0.29) is 17.6 Å². The number of hydrogen-bond acceptors (Lipinski definition) is 3. The van der Waals surface area contributed by atoms with Crippen molar-refractivity contribution in [2.24, 2.45) is 5.92 Å². The lowest BCUT2D eigenvalue weighted by Gasteiger charge is -2.19. The van der Waals surface area contributed by atoms with E-state index in [4.69, 9.17) is 0 Å². The molecule has 96 valence electrons. The summed E-state index contributed by atoms with van der Waals surface area (Å²) in [5, 5.41) is 16.1. The number of fused-ring (bicyclic) bond motifs is 2. The lowest BCUT2D eigenvalue weighted by Crippen LogP contribution is -2.32. The highest BCUT2D eigenvalue weighted by atomic mass is 79.9. The first-order valence-electron chi connectivity index (χ1n) is 6.19. The van der Waals surface area contributed by atoms with Crippen molar-refractivity contribution < 1.29 is 9.90 Å². The van der Waals surface area contributed by atoms with Crippen molar-refractivity contribution in [1.82, 2.24) is 5.32 Å². The molecule has 1 aromatic carbocycles. The van der Waals surface area contributed by atoms with E-state index >= 15 is 0 Å². The first-order valence-corrected chi connectivity index (χ1v) is 6.99. The van der Waals surface area contributed by atoms with Crippen molar-refractivity contribution >= 4 is 27.5 Å². The molecule has 2 saturated heterocycles. The third-order valence-electron chi connectivity index (χ3n) is 3.88. The molecule has 2 heterocycles. The van der Waals surface area contributed by atoms with Crippen LogP contribution in [-0.2, 0) is 4.79 Å². The van der Waals surface area contributed by atoms with Gasteiger partial charge in [-0.1, -0.05) is 6.07 Å². The van der Waals surface area contributed by atoms with E-state index in [0.717, 1.165) is 12.8 Å². The fourth-order valence-electron chi connectivity index (χ4n) is 2.96. The topological polar surface area (TPSA) is 61.4 Å². The Balaban J connectivity index is 1.73. The molecule has 0 aliphatic carbocycles. The molecule has 3 atom stereocenters. The Morgan fingerprint density at radius 1 is 1.44 bits per heavy atom. The lowest BCUT2D eigenvalue weighted by molar-refractivity contribution is -0.120. The molecular weight excluding hydrogens is 296 g/mol. The predicted molar refractivity (Wildman–Crippen MR) is 72.5 cm³/mol. The Bertz CT molecular complexity index is 492. The molecule has 3 rings (SSSR count). The van der Waals surface area contributed by atoms with E-state index in [9.17, 15) is 9.90 Å². The molecule has 2 bridgehead atoms. The maximum absolute atomic E-state index is 12.2. The number of aromatic hydroxyl groups is 1. The van der Waals surface area contributed by atoms with E-state index in [1.165, 1.54) is 6.42 Å². The van der Waals surface area contributed by atoms with Gasteiger partial charge in [-0.2, -0.15) is 0 Å². The number of para-hydroxylation sites is 1. The zero-order valence-electron chi connectivity index (χ0n) is 9.82. The van der Waals surface area contributed by atoms with Gasteiger partial charge in [0.2, 0.25) is 5.91 Å². The van der Waals surface area contributed by atoms with E-state index in [0.29, 0.717) is 22.2 Å². The predicted octanol–water partition coefficient (Wildman–Crippen LogP) is 2.23. The Morgan fingerprint density at radius 2 is 2.28 bits per heavy atom. The average molecular weight is 311 g/mol. The summed E-state index contributed by atoms with van der Waals surface area (Å²) >= 11 is 3.24. The fraction of sp³-hybridized carbons (Fsp3) is 0.462. The van der Waals surface area contributed by atoms with Crippen LogP contribution in [0.2, 0.25) is 0 Å². The number of rotatable bonds is 2. The molecule has 1 amide bonds. The summed E-state index contributed by atoms with van der Waals surface area (Å²) in [7, 11) is 0. The summed E-state index contributed by atoms with van der Waals surface area (Å²) in [4.78, 5) is 12.2. The number of amides is 1. The molecule has 5 heteroatoms. The quantitative estimate of drug-likeness (QED) is 0.734. The van der Waals surface area contributed by atoms with Gasteiger partial charge < -0.3 is 15.7 Å². The van der Waals surface area contributed by atoms with Crippen LogP contribution in [0.5, 0.6) is 5.75 Å². The minimum Gasteiger partial charge on any atom is -0.505 e. The zero-order valence-corrected chi connectivity index (χ0v) is 11.4. The maximum Gasteiger partial charge on any atom is 0.229 e. The van der Waals surface area contributed by atoms with Gasteiger partial charge in [-0.25, -0.2) is 0 Å². The summed E-state index contributed by atoms with van der Waals surface area (Å²) in [6, 6.07) is 6.05. The number of anilines is 1. The number of benzene rings is 1. The third-order valence-corrected chi connectivity index (χ3v) is 4.52. The second kappa shape index (κ2) is 4.55. The number of hydrogen-bond donors (Lipinski definition) is 3. The Hall–Kier alpha value is -1.07. The van der Waals surface area contributed by atoms with Crippen LogP contribution in [0.15, 0.2) is 22.7 Å². The Morgan fingerprint density at radius 3 is 2.94 bits per heavy atom. The molecule has 0 spiro atoms. The molecule has 0 aromatic heterocycles.